The quantitative estimate of drug-likeness (QED) is 0.814. The van der Waals surface area contributed by atoms with Crippen molar-refractivity contribution in [1.82, 2.24) is 4.90 Å². The molecule has 0 aromatic heterocycles. The van der Waals surface area contributed by atoms with Gasteiger partial charge in [-0.3, -0.25) is 4.90 Å². The molecule has 20 heavy (non-hydrogen) atoms. The molecule has 1 aliphatic carbocycles. The van der Waals surface area contributed by atoms with Gasteiger partial charge in [-0.1, -0.05) is 6.92 Å². The van der Waals surface area contributed by atoms with Crippen LogP contribution in [-0.2, 0) is 0 Å². The number of halogens is 3. The number of hydrogen-bond donors (Lipinski definition) is 1. The molecule has 0 spiro atoms. The van der Waals surface area contributed by atoms with Gasteiger partial charge in [0.15, 0.2) is 0 Å². The van der Waals surface area contributed by atoms with E-state index in [0.29, 0.717) is 25.4 Å². The third-order valence-corrected chi connectivity index (χ3v) is 5.60. The number of rotatable bonds is 6. The molecular weight excluding hydrogens is 285 g/mol. The predicted octanol–water partition coefficient (Wildman–Crippen LogP) is 3.51. The van der Waals surface area contributed by atoms with Gasteiger partial charge in [0.2, 0.25) is 0 Å². The fourth-order valence-corrected chi connectivity index (χ4v) is 4.11. The van der Waals surface area contributed by atoms with Crippen LogP contribution >= 0.6 is 11.8 Å². The summed E-state index contributed by atoms with van der Waals surface area (Å²) in [5, 5.41) is 0. The van der Waals surface area contributed by atoms with Crippen LogP contribution in [0.25, 0.3) is 0 Å². The fraction of sp³-hybridized carbons (Fsp3) is 1.00. The normalized spacial score (nSPS) is 29.7. The Morgan fingerprint density at radius 2 is 1.90 bits per heavy atom. The van der Waals surface area contributed by atoms with E-state index in [9.17, 15) is 13.2 Å². The van der Waals surface area contributed by atoms with Crippen molar-refractivity contribution in [3.05, 3.63) is 0 Å². The number of nitrogens with zero attached hydrogens (tertiary/aromatic N) is 1. The zero-order valence-corrected chi connectivity index (χ0v) is 13.5. The predicted molar refractivity (Wildman–Crippen MR) is 80.0 cm³/mol. The summed E-state index contributed by atoms with van der Waals surface area (Å²) in [4.78, 5) is 2.26. The maximum atomic E-state index is 12.8. The van der Waals surface area contributed by atoms with Crippen LogP contribution in [0.1, 0.15) is 39.0 Å². The lowest BCUT2D eigenvalue weighted by atomic mass is 9.74. The maximum Gasteiger partial charge on any atom is 0.391 e. The van der Waals surface area contributed by atoms with Crippen LogP contribution in [0.5, 0.6) is 0 Å². The van der Waals surface area contributed by atoms with E-state index in [1.165, 1.54) is 0 Å². The van der Waals surface area contributed by atoms with E-state index in [1.54, 1.807) is 11.8 Å². The van der Waals surface area contributed by atoms with Crippen molar-refractivity contribution in [2.24, 2.45) is 11.7 Å². The lowest BCUT2D eigenvalue weighted by Gasteiger charge is -2.49. The van der Waals surface area contributed by atoms with Crippen LogP contribution in [0, 0.1) is 5.92 Å². The lowest BCUT2D eigenvalue weighted by Crippen LogP contribution is -2.58. The Kier molecular flexibility index (Phi) is 6.67. The topological polar surface area (TPSA) is 29.3 Å². The number of nitrogens with two attached hydrogens (primary N) is 1. The van der Waals surface area contributed by atoms with Crippen molar-refractivity contribution in [2.45, 2.75) is 56.8 Å². The summed E-state index contributed by atoms with van der Waals surface area (Å²) in [5.41, 5.74) is 5.70. The minimum absolute atomic E-state index is 0.209. The van der Waals surface area contributed by atoms with E-state index in [2.05, 4.69) is 18.1 Å². The van der Waals surface area contributed by atoms with Crippen LogP contribution in [0.3, 0.4) is 0 Å². The average molecular weight is 312 g/mol. The maximum absolute atomic E-state index is 12.8. The highest BCUT2D eigenvalue weighted by Gasteiger charge is 2.47. The fourth-order valence-electron chi connectivity index (χ4n) is 3.27. The second-order valence-electron chi connectivity index (χ2n) is 5.87. The molecule has 0 aromatic rings. The van der Waals surface area contributed by atoms with Crippen LogP contribution in [0.2, 0.25) is 0 Å². The first kappa shape index (κ1) is 18.1. The van der Waals surface area contributed by atoms with Crippen molar-refractivity contribution >= 4 is 11.8 Å². The highest BCUT2D eigenvalue weighted by Crippen LogP contribution is 2.43. The number of likely N-dealkylation sites (N-methyl/N-ethyl adjacent to an activating group) is 1. The minimum Gasteiger partial charge on any atom is -0.329 e. The van der Waals surface area contributed by atoms with E-state index in [1.807, 2.05) is 7.05 Å². The van der Waals surface area contributed by atoms with Gasteiger partial charge in [0.05, 0.1) is 5.92 Å². The highest BCUT2D eigenvalue weighted by atomic mass is 32.2. The molecule has 0 amide bonds. The Labute approximate surface area is 124 Å². The Bertz CT molecular complexity index is 289. The van der Waals surface area contributed by atoms with Gasteiger partial charge >= 0.3 is 6.18 Å². The molecule has 1 atom stereocenters. The molecule has 0 heterocycles. The summed E-state index contributed by atoms with van der Waals surface area (Å²) in [7, 11) is 2.03. The third kappa shape index (κ3) is 4.04. The molecule has 0 bridgehead atoms. The summed E-state index contributed by atoms with van der Waals surface area (Å²) < 4.78 is 38.4. The summed E-state index contributed by atoms with van der Waals surface area (Å²) in [6, 6.07) is 0.385. The Morgan fingerprint density at radius 3 is 2.25 bits per heavy atom. The zero-order valence-electron chi connectivity index (χ0n) is 12.7. The molecule has 2 N–H and O–H groups in total. The van der Waals surface area contributed by atoms with Crippen molar-refractivity contribution in [3.63, 3.8) is 0 Å². The lowest BCUT2D eigenvalue weighted by molar-refractivity contribution is -0.188. The average Bonchev–Trinajstić information content (AvgIpc) is 2.43. The van der Waals surface area contributed by atoms with E-state index in [0.717, 1.165) is 12.2 Å². The van der Waals surface area contributed by atoms with Crippen LogP contribution in [-0.4, -0.2) is 48.3 Å². The minimum atomic E-state index is -4.05. The van der Waals surface area contributed by atoms with Gasteiger partial charge in [-0.05, 0) is 45.4 Å². The first-order chi connectivity index (χ1) is 9.30. The van der Waals surface area contributed by atoms with Gasteiger partial charge in [0, 0.05) is 23.9 Å². The highest BCUT2D eigenvalue weighted by molar-refractivity contribution is 7.98. The largest absolute Gasteiger partial charge is 0.391 e. The standard InChI is InChI=1S/C14H27F3N2S/c1-4-12(9-20-3)19(2)13(10-18)7-5-11(6-8-13)14(15,16)17/h11-12H,4-10,18H2,1-3H3. The molecule has 0 radical (unpaired) electrons. The van der Waals surface area contributed by atoms with Gasteiger partial charge in [-0.2, -0.15) is 24.9 Å². The molecule has 1 aliphatic rings. The van der Waals surface area contributed by atoms with Crippen molar-refractivity contribution < 1.29 is 13.2 Å². The van der Waals surface area contributed by atoms with Crippen molar-refractivity contribution in [3.8, 4) is 0 Å². The molecule has 6 heteroatoms. The van der Waals surface area contributed by atoms with Gasteiger partial charge in [-0.15, -0.1) is 0 Å². The Balaban J connectivity index is 2.75. The Morgan fingerprint density at radius 1 is 1.35 bits per heavy atom. The van der Waals surface area contributed by atoms with E-state index in [4.69, 9.17) is 5.73 Å². The second kappa shape index (κ2) is 7.36. The molecule has 1 unspecified atom stereocenters. The summed E-state index contributed by atoms with van der Waals surface area (Å²) >= 11 is 1.78. The second-order valence-corrected chi connectivity index (χ2v) is 6.78. The number of alkyl halides is 3. The molecular formula is C14H27F3N2S. The molecule has 0 aromatic carbocycles. The SMILES string of the molecule is CCC(CSC)N(C)C1(CN)CCC(C(F)(F)F)CC1. The smallest absolute Gasteiger partial charge is 0.329 e. The van der Waals surface area contributed by atoms with E-state index >= 15 is 0 Å². The van der Waals surface area contributed by atoms with Gasteiger partial charge in [0.25, 0.3) is 0 Å². The summed E-state index contributed by atoms with van der Waals surface area (Å²) in [6.07, 6.45) is 0.530. The summed E-state index contributed by atoms with van der Waals surface area (Å²) in [5.74, 6) is -0.145. The summed E-state index contributed by atoms with van der Waals surface area (Å²) in [6.45, 7) is 2.57. The molecule has 1 rings (SSSR count). The Hall–Kier alpha value is 0.0600. The van der Waals surface area contributed by atoms with Crippen molar-refractivity contribution in [2.75, 3.05) is 25.6 Å². The van der Waals surface area contributed by atoms with E-state index in [-0.39, 0.29) is 18.4 Å². The first-order valence-corrected chi connectivity index (χ1v) is 8.68. The third-order valence-electron chi connectivity index (χ3n) is 4.89. The van der Waals surface area contributed by atoms with Crippen LogP contribution in [0.4, 0.5) is 13.2 Å². The molecule has 120 valence electrons. The van der Waals surface area contributed by atoms with Crippen LogP contribution in [0.15, 0.2) is 0 Å². The van der Waals surface area contributed by atoms with Gasteiger partial charge in [0.1, 0.15) is 0 Å². The van der Waals surface area contributed by atoms with Crippen molar-refractivity contribution in [1.29, 1.82) is 0 Å². The zero-order chi connectivity index (χ0) is 15.4. The monoisotopic (exact) mass is 312 g/mol. The molecule has 2 nitrogen and oxygen atoms in total. The van der Waals surface area contributed by atoms with Gasteiger partial charge in [-0.25, -0.2) is 0 Å². The molecule has 1 saturated carbocycles. The number of hydrogen-bond acceptors (Lipinski definition) is 3. The molecule has 1 fully saturated rings. The number of thioether (sulfide) groups is 1. The molecule has 0 saturated heterocycles. The first-order valence-electron chi connectivity index (χ1n) is 7.29. The van der Waals surface area contributed by atoms with Crippen LogP contribution < -0.4 is 5.73 Å². The molecule has 0 aliphatic heterocycles. The van der Waals surface area contributed by atoms with E-state index < -0.39 is 12.1 Å². The van der Waals surface area contributed by atoms with Gasteiger partial charge < -0.3 is 5.73 Å².